The van der Waals surface area contributed by atoms with Crippen LogP contribution in [0.5, 0.6) is 5.75 Å². The van der Waals surface area contributed by atoms with E-state index in [1.807, 2.05) is 24.3 Å². The first kappa shape index (κ1) is 17.6. The molecule has 1 rings (SSSR count). The first-order chi connectivity index (χ1) is 9.99. The van der Waals surface area contributed by atoms with Crippen LogP contribution in [0.2, 0.25) is 0 Å². The van der Waals surface area contributed by atoms with E-state index in [1.165, 1.54) is 0 Å². The van der Waals surface area contributed by atoms with Crippen LogP contribution in [0.1, 0.15) is 39.2 Å². The Morgan fingerprint density at radius 1 is 1.33 bits per heavy atom. The van der Waals surface area contributed by atoms with E-state index in [4.69, 9.17) is 9.84 Å². The minimum Gasteiger partial charge on any atom is -0.492 e. The second-order valence-electron chi connectivity index (χ2n) is 5.74. The SMILES string of the molecule is CCC(C)(C)N(C)CCOc1cccc(C#CCCO)c1. The molecule has 116 valence electrons. The number of hydrogen-bond donors (Lipinski definition) is 1. The molecule has 0 saturated heterocycles. The third-order valence-corrected chi connectivity index (χ3v) is 3.90. The third kappa shape index (κ3) is 6.20. The van der Waals surface area contributed by atoms with E-state index in [1.54, 1.807) is 0 Å². The fourth-order valence-electron chi connectivity index (χ4n) is 1.76. The fraction of sp³-hybridized carbons (Fsp3) is 0.556. The zero-order valence-electron chi connectivity index (χ0n) is 13.6. The number of ether oxygens (including phenoxy) is 1. The van der Waals surface area contributed by atoms with E-state index < -0.39 is 0 Å². The molecule has 21 heavy (non-hydrogen) atoms. The molecule has 0 aliphatic heterocycles. The monoisotopic (exact) mass is 289 g/mol. The molecule has 0 saturated carbocycles. The summed E-state index contributed by atoms with van der Waals surface area (Å²) in [6.07, 6.45) is 1.61. The van der Waals surface area contributed by atoms with Gasteiger partial charge in [-0.2, -0.15) is 0 Å². The van der Waals surface area contributed by atoms with E-state index >= 15 is 0 Å². The summed E-state index contributed by atoms with van der Waals surface area (Å²) in [5.41, 5.74) is 1.12. The van der Waals surface area contributed by atoms with Crippen molar-refractivity contribution in [3.63, 3.8) is 0 Å². The molecule has 0 amide bonds. The molecule has 0 unspecified atom stereocenters. The number of benzene rings is 1. The highest BCUT2D eigenvalue weighted by Crippen LogP contribution is 2.17. The maximum atomic E-state index is 8.72. The Balaban J connectivity index is 2.50. The van der Waals surface area contributed by atoms with Crippen LogP contribution in [0.4, 0.5) is 0 Å². The summed E-state index contributed by atoms with van der Waals surface area (Å²) >= 11 is 0. The quantitative estimate of drug-likeness (QED) is 0.783. The van der Waals surface area contributed by atoms with Crippen molar-refractivity contribution in [2.24, 2.45) is 0 Å². The van der Waals surface area contributed by atoms with E-state index in [-0.39, 0.29) is 12.1 Å². The zero-order chi connectivity index (χ0) is 15.7. The largest absolute Gasteiger partial charge is 0.492 e. The molecule has 0 fully saturated rings. The lowest BCUT2D eigenvalue weighted by Crippen LogP contribution is -2.42. The summed E-state index contributed by atoms with van der Waals surface area (Å²) in [6.45, 7) is 8.33. The highest BCUT2D eigenvalue weighted by Gasteiger charge is 2.20. The van der Waals surface area contributed by atoms with Gasteiger partial charge in [0.05, 0.1) is 6.61 Å². The molecule has 0 radical (unpaired) electrons. The Kier molecular flexibility index (Phi) is 7.28. The Labute approximate surface area is 128 Å². The summed E-state index contributed by atoms with van der Waals surface area (Å²) in [5.74, 6) is 6.78. The zero-order valence-corrected chi connectivity index (χ0v) is 13.6. The topological polar surface area (TPSA) is 32.7 Å². The molecule has 0 aliphatic carbocycles. The van der Waals surface area contributed by atoms with Crippen molar-refractivity contribution >= 4 is 0 Å². The van der Waals surface area contributed by atoms with Gasteiger partial charge in [0.2, 0.25) is 0 Å². The molecular formula is C18H27NO2. The number of rotatable bonds is 7. The molecule has 3 heteroatoms. The highest BCUT2D eigenvalue weighted by atomic mass is 16.5. The predicted octanol–water partition coefficient (Wildman–Crippen LogP) is 2.92. The van der Waals surface area contributed by atoms with Crippen molar-refractivity contribution in [2.45, 2.75) is 39.2 Å². The second-order valence-corrected chi connectivity index (χ2v) is 5.74. The highest BCUT2D eigenvalue weighted by molar-refractivity contribution is 5.39. The van der Waals surface area contributed by atoms with Crippen molar-refractivity contribution in [3.8, 4) is 17.6 Å². The molecular weight excluding hydrogens is 262 g/mol. The van der Waals surface area contributed by atoms with Crippen LogP contribution in [-0.4, -0.2) is 42.4 Å². The molecule has 1 aromatic carbocycles. The lowest BCUT2D eigenvalue weighted by molar-refractivity contribution is 0.125. The van der Waals surface area contributed by atoms with Gasteiger partial charge in [0.25, 0.3) is 0 Å². The lowest BCUT2D eigenvalue weighted by Gasteiger charge is -2.34. The van der Waals surface area contributed by atoms with Gasteiger partial charge in [0.1, 0.15) is 12.4 Å². The summed E-state index contributed by atoms with van der Waals surface area (Å²) in [7, 11) is 2.13. The van der Waals surface area contributed by atoms with Gasteiger partial charge in [-0.3, -0.25) is 4.90 Å². The lowest BCUT2D eigenvalue weighted by atomic mass is 10.0. The second kappa shape index (κ2) is 8.71. The Morgan fingerprint density at radius 3 is 2.76 bits per heavy atom. The van der Waals surface area contributed by atoms with Crippen molar-refractivity contribution in [1.29, 1.82) is 0 Å². The van der Waals surface area contributed by atoms with Crippen LogP contribution in [0.15, 0.2) is 24.3 Å². The van der Waals surface area contributed by atoms with E-state index in [0.717, 1.165) is 24.3 Å². The van der Waals surface area contributed by atoms with Crippen molar-refractivity contribution in [2.75, 3.05) is 26.8 Å². The standard InChI is InChI=1S/C18H27NO2/c1-5-18(2,3)19(4)12-14-21-17-11-8-10-16(15-17)9-6-7-13-20/h8,10-11,15,20H,5,7,12-14H2,1-4H3. The summed E-state index contributed by atoms with van der Waals surface area (Å²) in [6, 6.07) is 7.78. The molecule has 0 heterocycles. The van der Waals surface area contributed by atoms with Crippen LogP contribution < -0.4 is 4.74 Å². The minimum absolute atomic E-state index is 0.0999. The fourth-order valence-corrected chi connectivity index (χ4v) is 1.76. The van der Waals surface area contributed by atoms with Gasteiger partial charge in [0, 0.05) is 24.1 Å². The van der Waals surface area contributed by atoms with Crippen molar-refractivity contribution in [1.82, 2.24) is 4.90 Å². The van der Waals surface area contributed by atoms with Crippen LogP contribution in [-0.2, 0) is 0 Å². The number of hydrogen-bond acceptors (Lipinski definition) is 3. The molecule has 0 atom stereocenters. The van der Waals surface area contributed by atoms with Crippen molar-refractivity contribution in [3.05, 3.63) is 29.8 Å². The summed E-state index contributed by atoms with van der Waals surface area (Å²) < 4.78 is 5.80. The first-order valence-electron chi connectivity index (χ1n) is 7.53. The van der Waals surface area contributed by atoms with Gasteiger partial charge in [-0.1, -0.05) is 24.8 Å². The number of aliphatic hydroxyl groups is 1. The average molecular weight is 289 g/mol. The Hall–Kier alpha value is -1.50. The normalized spacial score (nSPS) is 11.1. The van der Waals surface area contributed by atoms with Crippen LogP contribution in [0, 0.1) is 11.8 Å². The van der Waals surface area contributed by atoms with E-state index in [9.17, 15) is 0 Å². The molecule has 0 aliphatic rings. The maximum Gasteiger partial charge on any atom is 0.120 e. The summed E-state index contributed by atoms with van der Waals surface area (Å²) in [4.78, 5) is 2.32. The third-order valence-electron chi connectivity index (χ3n) is 3.90. The van der Waals surface area contributed by atoms with Gasteiger partial charge >= 0.3 is 0 Å². The Morgan fingerprint density at radius 2 is 2.10 bits per heavy atom. The van der Waals surface area contributed by atoms with E-state index in [0.29, 0.717) is 13.0 Å². The van der Waals surface area contributed by atoms with Crippen LogP contribution in [0.3, 0.4) is 0 Å². The smallest absolute Gasteiger partial charge is 0.120 e. The molecule has 1 N–H and O–H groups in total. The number of aliphatic hydroxyl groups excluding tert-OH is 1. The average Bonchev–Trinajstić information content (AvgIpc) is 2.48. The number of likely N-dealkylation sites (N-methyl/N-ethyl adjacent to an activating group) is 1. The van der Waals surface area contributed by atoms with Gasteiger partial charge in [-0.25, -0.2) is 0 Å². The molecule has 0 spiro atoms. The molecule has 0 aromatic heterocycles. The first-order valence-corrected chi connectivity index (χ1v) is 7.53. The van der Waals surface area contributed by atoms with Crippen LogP contribution >= 0.6 is 0 Å². The molecule has 3 nitrogen and oxygen atoms in total. The Bertz CT molecular complexity index is 485. The van der Waals surface area contributed by atoms with Gasteiger partial charge < -0.3 is 9.84 Å². The van der Waals surface area contributed by atoms with Crippen LogP contribution in [0.25, 0.3) is 0 Å². The van der Waals surface area contributed by atoms with E-state index in [2.05, 4.69) is 44.6 Å². The van der Waals surface area contributed by atoms with Crippen molar-refractivity contribution < 1.29 is 9.84 Å². The molecule has 1 aromatic rings. The van der Waals surface area contributed by atoms with Gasteiger partial charge in [-0.15, -0.1) is 0 Å². The predicted molar refractivity (Wildman–Crippen MR) is 87.5 cm³/mol. The number of nitrogens with zero attached hydrogens (tertiary/aromatic N) is 1. The van der Waals surface area contributed by atoms with Gasteiger partial charge in [0.15, 0.2) is 0 Å². The maximum absolute atomic E-state index is 8.72. The van der Waals surface area contributed by atoms with Gasteiger partial charge in [-0.05, 0) is 45.5 Å². The minimum atomic E-state index is 0.0999. The molecule has 0 bridgehead atoms. The summed E-state index contributed by atoms with van der Waals surface area (Å²) in [5, 5.41) is 8.72.